The molecule has 0 fully saturated rings. The highest BCUT2D eigenvalue weighted by Gasteiger charge is 2.01. The third-order valence-corrected chi connectivity index (χ3v) is 2.27. The van der Waals surface area contributed by atoms with Crippen LogP contribution in [-0.2, 0) is 11.2 Å². The molecular formula is C12H17NO. The molecule has 0 radical (unpaired) electrons. The van der Waals surface area contributed by atoms with Gasteiger partial charge in [-0.25, -0.2) is 0 Å². The molecule has 0 aliphatic rings. The van der Waals surface area contributed by atoms with Crippen molar-refractivity contribution in [2.45, 2.75) is 25.8 Å². The molecule has 76 valence electrons. The predicted molar refractivity (Wildman–Crippen MR) is 58.3 cm³/mol. The van der Waals surface area contributed by atoms with Crippen LogP contribution in [-0.4, -0.2) is 18.9 Å². The molecule has 0 bridgehead atoms. The normalized spacial score (nSPS) is 12.4. The van der Waals surface area contributed by atoms with Gasteiger partial charge in [0.25, 0.3) is 0 Å². The van der Waals surface area contributed by atoms with E-state index in [4.69, 9.17) is 0 Å². The number of rotatable bonds is 6. The molecule has 1 N–H and O–H groups in total. The van der Waals surface area contributed by atoms with E-state index < -0.39 is 0 Å². The molecule has 0 aliphatic carbocycles. The topological polar surface area (TPSA) is 29.1 Å². The second-order valence-corrected chi connectivity index (χ2v) is 3.34. The Morgan fingerprint density at radius 2 is 2.07 bits per heavy atom. The summed E-state index contributed by atoms with van der Waals surface area (Å²) in [6.07, 6.45) is 2.81. The van der Waals surface area contributed by atoms with E-state index in [-0.39, 0.29) is 6.04 Å². The Kier molecular flexibility index (Phi) is 4.94. The number of hydrogen-bond donors (Lipinski definition) is 1. The molecule has 2 nitrogen and oxygen atoms in total. The number of carbonyl (C=O) groups excluding carboxylic acids is 1. The summed E-state index contributed by atoms with van der Waals surface area (Å²) < 4.78 is 0. The fourth-order valence-corrected chi connectivity index (χ4v) is 1.34. The number of benzene rings is 1. The van der Waals surface area contributed by atoms with Gasteiger partial charge in [0.2, 0.25) is 0 Å². The summed E-state index contributed by atoms with van der Waals surface area (Å²) in [5, 5.41) is 3.20. The zero-order chi connectivity index (χ0) is 10.2. The molecule has 0 aromatic heterocycles. The van der Waals surface area contributed by atoms with Crippen LogP contribution in [0.5, 0.6) is 0 Å². The quantitative estimate of drug-likeness (QED) is 0.695. The number of carbonyl (C=O) groups is 1. The summed E-state index contributed by atoms with van der Waals surface area (Å²) in [7, 11) is 0. The van der Waals surface area contributed by atoms with Crippen molar-refractivity contribution >= 4 is 6.29 Å². The van der Waals surface area contributed by atoms with Gasteiger partial charge in [-0.2, -0.15) is 0 Å². The first kappa shape index (κ1) is 10.9. The Balaban J connectivity index is 2.25. The summed E-state index contributed by atoms with van der Waals surface area (Å²) in [4.78, 5) is 10.5. The highest BCUT2D eigenvalue weighted by Crippen LogP contribution is 1.98. The molecule has 1 atom stereocenters. The summed E-state index contributed by atoms with van der Waals surface area (Å²) >= 11 is 0. The van der Waals surface area contributed by atoms with Crippen LogP contribution in [0, 0.1) is 0 Å². The molecule has 1 rings (SSSR count). The minimum Gasteiger partial charge on any atom is -0.307 e. The van der Waals surface area contributed by atoms with Crippen molar-refractivity contribution in [2.24, 2.45) is 0 Å². The van der Waals surface area contributed by atoms with Gasteiger partial charge in [-0.15, -0.1) is 0 Å². The molecule has 14 heavy (non-hydrogen) atoms. The van der Waals surface area contributed by atoms with Gasteiger partial charge in [-0.3, -0.25) is 0 Å². The Morgan fingerprint density at radius 3 is 2.64 bits per heavy atom. The molecule has 1 aromatic carbocycles. The lowest BCUT2D eigenvalue weighted by Crippen LogP contribution is -2.31. The molecule has 1 aromatic rings. The molecule has 1 unspecified atom stereocenters. The van der Waals surface area contributed by atoms with Crippen LogP contribution in [0.1, 0.15) is 18.9 Å². The third kappa shape index (κ3) is 3.71. The average Bonchev–Trinajstić information content (AvgIpc) is 2.26. The van der Waals surface area contributed by atoms with Crippen molar-refractivity contribution in [3.63, 3.8) is 0 Å². The first-order valence-corrected chi connectivity index (χ1v) is 5.09. The predicted octanol–water partition coefficient (Wildman–Crippen LogP) is 1.80. The lowest BCUT2D eigenvalue weighted by atomic mass is 10.1. The van der Waals surface area contributed by atoms with E-state index in [0.29, 0.717) is 0 Å². The maximum absolute atomic E-state index is 10.5. The molecule has 0 heterocycles. The standard InChI is InChI=1S/C12H17NO/c1-2-12(10-14)13-9-8-11-6-4-3-5-7-11/h3-7,10,12-13H,2,8-9H2,1H3. The maximum atomic E-state index is 10.5. The van der Waals surface area contributed by atoms with Crippen molar-refractivity contribution in [3.8, 4) is 0 Å². The highest BCUT2D eigenvalue weighted by atomic mass is 16.1. The van der Waals surface area contributed by atoms with Crippen LogP contribution in [0.2, 0.25) is 0 Å². The number of nitrogens with one attached hydrogen (secondary N) is 1. The molecule has 0 aliphatic heterocycles. The summed E-state index contributed by atoms with van der Waals surface area (Å²) in [5.74, 6) is 0. The van der Waals surface area contributed by atoms with Crippen molar-refractivity contribution in [1.29, 1.82) is 0 Å². The largest absolute Gasteiger partial charge is 0.307 e. The minimum absolute atomic E-state index is 0.0127. The molecule has 0 saturated carbocycles. The Morgan fingerprint density at radius 1 is 1.36 bits per heavy atom. The van der Waals surface area contributed by atoms with Crippen LogP contribution in [0.15, 0.2) is 30.3 Å². The molecule has 0 amide bonds. The SMILES string of the molecule is CCC(C=O)NCCc1ccccc1. The van der Waals surface area contributed by atoms with E-state index in [9.17, 15) is 4.79 Å². The summed E-state index contributed by atoms with van der Waals surface area (Å²) in [5.41, 5.74) is 1.31. The number of aldehydes is 1. The van der Waals surface area contributed by atoms with E-state index in [1.807, 2.05) is 25.1 Å². The van der Waals surface area contributed by atoms with Crippen LogP contribution in [0.25, 0.3) is 0 Å². The van der Waals surface area contributed by atoms with Crippen LogP contribution >= 0.6 is 0 Å². The molecule has 0 spiro atoms. The fourth-order valence-electron chi connectivity index (χ4n) is 1.34. The van der Waals surface area contributed by atoms with Gasteiger partial charge in [-0.05, 0) is 24.9 Å². The first-order valence-electron chi connectivity index (χ1n) is 5.09. The van der Waals surface area contributed by atoms with Crippen LogP contribution < -0.4 is 5.32 Å². The Labute approximate surface area is 85.3 Å². The zero-order valence-electron chi connectivity index (χ0n) is 8.57. The fraction of sp³-hybridized carbons (Fsp3) is 0.417. The highest BCUT2D eigenvalue weighted by molar-refractivity contribution is 5.57. The Bertz CT molecular complexity index is 258. The monoisotopic (exact) mass is 191 g/mol. The second kappa shape index (κ2) is 6.33. The number of hydrogen-bond acceptors (Lipinski definition) is 2. The molecular weight excluding hydrogens is 174 g/mol. The van der Waals surface area contributed by atoms with Gasteiger partial charge >= 0.3 is 0 Å². The lowest BCUT2D eigenvalue weighted by molar-refractivity contribution is -0.109. The van der Waals surface area contributed by atoms with Crippen molar-refractivity contribution < 1.29 is 4.79 Å². The maximum Gasteiger partial charge on any atom is 0.136 e. The van der Waals surface area contributed by atoms with E-state index in [1.54, 1.807) is 0 Å². The lowest BCUT2D eigenvalue weighted by Gasteiger charge is -2.09. The molecule has 0 saturated heterocycles. The van der Waals surface area contributed by atoms with E-state index in [1.165, 1.54) is 5.56 Å². The third-order valence-electron chi connectivity index (χ3n) is 2.27. The van der Waals surface area contributed by atoms with Crippen LogP contribution in [0.3, 0.4) is 0 Å². The van der Waals surface area contributed by atoms with Crippen molar-refractivity contribution in [1.82, 2.24) is 5.32 Å². The second-order valence-electron chi connectivity index (χ2n) is 3.34. The zero-order valence-corrected chi connectivity index (χ0v) is 8.57. The van der Waals surface area contributed by atoms with Crippen molar-refractivity contribution in [3.05, 3.63) is 35.9 Å². The van der Waals surface area contributed by atoms with Gasteiger partial charge < -0.3 is 10.1 Å². The summed E-state index contributed by atoms with van der Waals surface area (Å²) in [6.45, 7) is 2.87. The Hall–Kier alpha value is -1.15. The first-order chi connectivity index (χ1) is 6.86. The minimum atomic E-state index is 0.0127. The van der Waals surface area contributed by atoms with Crippen molar-refractivity contribution in [2.75, 3.05) is 6.54 Å². The van der Waals surface area contributed by atoms with Gasteiger partial charge in [0.1, 0.15) is 6.29 Å². The van der Waals surface area contributed by atoms with Gasteiger partial charge in [-0.1, -0.05) is 37.3 Å². The van der Waals surface area contributed by atoms with Gasteiger partial charge in [0.15, 0.2) is 0 Å². The van der Waals surface area contributed by atoms with Crippen LogP contribution in [0.4, 0.5) is 0 Å². The van der Waals surface area contributed by atoms with Gasteiger partial charge in [0.05, 0.1) is 6.04 Å². The smallest absolute Gasteiger partial charge is 0.136 e. The summed E-state index contributed by atoms with van der Waals surface area (Å²) in [6, 6.07) is 10.3. The molecule has 2 heteroatoms. The average molecular weight is 191 g/mol. The van der Waals surface area contributed by atoms with E-state index in [0.717, 1.165) is 25.7 Å². The van der Waals surface area contributed by atoms with Gasteiger partial charge in [0, 0.05) is 0 Å². The van der Waals surface area contributed by atoms with E-state index in [2.05, 4.69) is 17.4 Å². The van der Waals surface area contributed by atoms with E-state index >= 15 is 0 Å².